The second-order valence-electron chi connectivity index (χ2n) is 7.64. The van der Waals surface area contributed by atoms with Gasteiger partial charge in [0.1, 0.15) is 5.84 Å². The summed E-state index contributed by atoms with van der Waals surface area (Å²) in [6.45, 7) is 0. The molecule has 6 aromatic rings. The number of pyridine rings is 1. The number of hydrogen-bond donors (Lipinski definition) is 1. The van der Waals surface area contributed by atoms with Crippen LogP contribution < -0.4 is 5.73 Å². The van der Waals surface area contributed by atoms with E-state index in [0.717, 1.165) is 43.6 Å². The second kappa shape index (κ2) is 7.32. The van der Waals surface area contributed by atoms with Crippen molar-refractivity contribution in [3.8, 4) is 0 Å². The molecule has 6 rings (SSSR count). The van der Waals surface area contributed by atoms with Crippen LogP contribution in [-0.2, 0) is 0 Å². The fourth-order valence-electron chi connectivity index (χ4n) is 4.58. The minimum Gasteiger partial charge on any atom is -0.404 e. The zero-order valence-electron chi connectivity index (χ0n) is 17.5. The largest absolute Gasteiger partial charge is 0.404 e. The molecular weight excluding hydrogens is 412 g/mol. The summed E-state index contributed by atoms with van der Waals surface area (Å²) in [5.41, 5.74) is 11.2. The maximum absolute atomic E-state index is 6.19. The molecule has 5 heteroatoms. The molecule has 3 heterocycles. The van der Waals surface area contributed by atoms with Gasteiger partial charge < -0.3 is 5.73 Å². The maximum atomic E-state index is 6.19. The van der Waals surface area contributed by atoms with E-state index in [0.29, 0.717) is 0 Å². The van der Waals surface area contributed by atoms with Gasteiger partial charge in [0.05, 0.1) is 21.3 Å². The summed E-state index contributed by atoms with van der Waals surface area (Å²) in [5.74, 6) is 0.800. The summed E-state index contributed by atoms with van der Waals surface area (Å²) in [6.07, 6.45) is 3.65. The third kappa shape index (κ3) is 2.61. The van der Waals surface area contributed by atoms with E-state index < -0.39 is 0 Å². The summed E-state index contributed by atoms with van der Waals surface area (Å²) >= 11 is 1.77. The van der Waals surface area contributed by atoms with Gasteiger partial charge in [-0.25, -0.2) is 0 Å². The Balaban J connectivity index is 1.81. The minimum atomic E-state index is 0.800. The molecule has 3 aromatic carbocycles. The van der Waals surface area contributed by atoms with Crippen molar-refractivity contribution < 1.29 is 0 Å². The molecule has 0 bridgehead atoms. The van der Waals surface area contributed by atoms with Gasteiger partial charge in [-0.1, -0.05) is 66.7 Å². The fourth-order valence-corrected chi connectivity index (χ4v) is 5.66. The number of benzene rings is 3. The molecule has 0 atom stereocenters. The number of para-hydroxylation sites is 1. The Hall–Kier alpha value is -3.96. The molecule has 0 saturated carbocycles. The van der Waals surface area contributed by atoms with Crippen LogP contribution in [0.2, 0.25) is 0 Å². The van der Waals surface area contributed by atoms with Crippen molar-refractivity contribution in [2.24, 2.45) is 10.7 Å². The Morgan fingerprint density at radius 1 is 0.906 bits per heavy atom. The van der Waals surface area contributed by atoms with Gasteiger partial charge in [0, 0.05) is 45.9 Å². The number of hydrogen-bond acceptors (Lipinski definition) is 4. The number of fused-ring (bicyclic) bond motifs is 7. The van der Waals surface area contributed by atoms with Gasteiger partial charge in [0.2, 0.25) is 0 Å². The van der Waals surface area contributed by atoms with Crippen LogP contribution in [0.25, 0.3) is 47.7 Å². The predicted octanol–water partition coefficient (Wildman–Crippen LogP) is 6.43. The summed E-state index contributed by atoms with van der Waals surface area (Å²) < 4.78 is 4.64. The third-order valence-corrected chi connectivity index (χ3v) is 7.04. The molecule has 0 amide bonds. The van der Waals surface area contributed by atoms with Gasteiger partial charge in [-0.05, 0) is 17.7 Å². The molecule has 0 aliphatic heterocycles. The van der Waals surface area contributed by atoms with Crippen LogP contribution in [0.3, 0.4) is 0 Å². The van der Waals surface area contributed by atoms with E-state index in [9.17, 15) is 0 Å². The Labute approximate surface area is 188 Å². The minimum absolute atomic E-state index is 0.800. The highest BCUT2D eigenvalue weighted by molar-refractivity contribution is 7.26. The topological polar surface area (TPSA) is 56.2 Å². The van der Waals surface area contributed by atoms with E-state index in [1.54, 1.807) is 17.5 Å². The van der Waals surface area contributed by atoms with E-state index >= 15 is 0 Å². The molecule has 0 spiro atoms. The number of thiophene rings is 1. The smallest absolute Gasteiger partial charge is 0.141 e. The number of aromatic nitrogens is 2. The number of nitrogens with two attached hydrogens (primary N) is 1. The molecule has 0 aliphatic carbocycles. The molecule has 0 saturated heterocycles. The van der Waals surface area contributed by atoms with Crippen molar-refractivity contribution in [2.75, 3.05) is 7.05 Å². The van der Waals surface area contributed by atoms with Crippen LogP contribution in [-0.4, -0.2) is 22.4 Å². The van der Waals surface area contributed by atoms with E-state index in [1.807, 2.05) is 31.4 Å². The number of rotatable bonds is 2. The van der Waals surface area contributed by atoms with E-state index in [2.05, 4.69) is 65.2 Å². The average molecular weight is 433 g/mol. The van der Waals surface area contributed by atoms with Crippen LogP contribution >= 0.6 is 11.3 Å². The van der Waals surface area contributed by atoms with Crippen molar-refractivity contribution in [3.05, 3.63) is 96.8 Å². The normalized spacial score (nSPS) is 13.0. The first-order chi connectivity index (χ1) is 15.8. The van der Waals surface area contributed by atoms with Crippen LogP contribution in [0.15, 0.2) is 96.3 Å². The van der Waals surface area contributed by atoms with Crippen molar-refractivity contribution in [1.29, 1.82) is 0 Å². The molecule has 0 fully saturated rings. The molecule has 0 radical (unpaired) electrons. The Morgan fingerprint density at radius 2 is 1.62 bits per heavy atom. The van der Waals surface area contributed by atoms with Crippen LogP contribution in [0.4, 0.5) is 0 Å². The number of nitrogens with zero attached hydrogens (tertiary/aromatic N) is 3. The SMILES string of the molecule is CN=C(/C(=C\N)c1ccccc1)n1c2ccccc2c2ncc3sc4ccccc4c3c21. The van der Waals surface area contributed by atoms with Crippen molar-refractivity contribution in [3.63, 3.8) is 0 Å². The molecule has 4 nitrogen and oxygen atoms in total. The van der Waals surface area contributed by atoms with Crippen molar-refractivity contribution >= 4 is 64.9 Å². The predicted molar refractivity (Wildman–Crippen MR) is 137 cm³/mol. The monoisotopic (exact) mass is 432 g/mol. The first-order valence-corrected chi connectivity index (χ1v) is 11.3. The average Bonchev–Trinajstić information content (AvgIpc) is 3.38. The zero-order valence-corrected chi connectivity index (χ0v) is 18.3. The molecule has 2 N–H and O–H groups in total. The second-order valence-corrected chi connectivity index (χ2v) is 8.72. The standard InChI is InChI=1S/C27H20N4S/c1-29-27(20(15-28)17-9-3-2-4-10-17)31-21-13-7-5-11-18(21)25-26(31)24-19-12-6-8-14-22(19)32-23(24)16-30-25/h2-16H,28H2,1H3/b20-15-,29-27?. The highest BCUT2D eigenvalue weighted by atomic mass is 32.1. The van der Waals surface area contributed by atoms with Crippen LogP contribution in [0.1, 0.15) is 5.56 Å². The quantitative estimate of drug-likeness (QED) is 0.253. The van der Waals surface area contributed by atoms with E-state index in [4.69, 9.17) is 15.7 Å². The molecule has 3 aromatic heterocycles. The molecule has 0 unspecified atom stereocenters. The third-order valence-electron chi connectivity index (χ3n) is 5.93. The highest BCUT2D eigenvalue weighted by Crippen LogP contribution is 2.41. The number of allylic oxidation sites excluding steroid dienone is 1. The lowest BCUT2D eigenvalue weighted by molar-refractivity contribution is 1.24. The van der Waals surface area contributed by atoms with Gasteiger partial charge in [-0.2, -0.15) is 0 Å². The first-order valence-electron chi connectivity index (χ1n) is 10.5. The summed E-state index contributed by atoms with van der Waals surface area (Å²) in [5, 5.41) is 3.54. The molecular formula is C27H20N4S. The first kappa shape index (κ1) is 18.8. The summed E-state index contributed by atoms with van der Waals surface area (Å²) in [4.78, 5) is 9.67. The summed E-state index contributed by atoms with van der Waals surface area (Å²) in [6, 6.07) is 27.1. The van der Waals surface area contributed by atoms with Gasteiger partial charge in [0.15, 0.2) is 0 Å². The van der Waals surface area contributed by atoms with Crippen molar-refractivity contribution in [1.82, 2.24) is 9.55 Å². The Morgan fingerprint density at radius 3 is 2.41 bits per heavy atom. The van der Waals surface area contributed by atoms with E-state index in [-0.39, 0.29) is 0 Å². The zero-order chi connectivity index (χ0) is 21.7. The van der Waals surface area contributed by atoms with E-state index in [1.165, 1.54) is 15.5 Å². The fraction of sp³-hybridized carbons (Fsp3) is 0.0370. The Kier molecular flexibility index (Phi) is 4.30. The van der Waals surface area contributed by atoms with Crippen molar-refractivity contribution in [2.45, 2.75) is 0 Å². The lowest BCUT2D eigenvalue weighted by Gasteiger charge is -2.15. The highest BCUT2D eigenvalue weighted by Gasteiger charge is 2.22. The van der Waals surface area contributed by atoms with Gasteiger partial charge in [-0.3, -0.25) is 14.5 Å². The number of aliphatic imine (C=N–C) groups is 1. The van der Waals surface area contributed by atoms with Gasteiger partial charge in [0.25, 0.3) is 0 Å². The van der Waals surface area contributed by atoms with Crippen LogP contribution in [0.5, 0.6) is 0 Å². The lowest BCUT2D eigenvalue weighted by atomic mass is 10.1. The van der Waals surface area contributed by atoms with Crippen LogP contribution in [0, 0.1) is 0 Å². The summed E-state index contributed by atoms with van der Waals surface area (Å²) in [7, 11) is 1.82. The van der Waals surface area contributed by atoms with Gasteiger partial charge >= 0.3 is 0 Å². The molecule has 154 valence electrons. The lowest BCUT2D eigenvalue weighted by Crippen LogP contribution is -2.15. The van der Waals surface area contributed by atoms with Gasteiger partial charge in [-0.15, -0.1) is 11.3 Å². The Bertz CT molecular complexity index is 1690. The molecule has 0 aliphatic rings. The maximum Gasteiger partial charge on any atom is 0.141 e. The molecule has 32 heavy (non-hydrogen) atoms.